The molecule has 0 radical (unpaired) electrons. The molecular formula is C23H25N3O5S. The van der Waals surface area contributed by atoms with Crippen LogP contribution in [0.3, 0.4) is 0 Å². The predicted molar refractivity (Wildman–Crippen MR) is 120 cm³/mol. The van der Waals surface area contributed by atoms with Gasteiger partial charge in [0.05, 0.1) is 18.5 Å². The average molecular weight is 456 g/mol. The number of Topliss-reactive ketones (excluding diaryl/α,β-unsaturated/α-hetero) is 1. The highest BCUT2D eigenvalue weighted by Crippen LogP contribution is 2.35. The number of imide groups is 1. The molecule has 9 heteroatoms. The number of ketones is 1. The Morgan fingerprint density at radius 2 is 1.84 bits per heavy atom. The van der Waals surface area contributed by atoms with Gasteiger partial charge in [-0.2, -0.15) is 0 Å². The van der Waals surface area contributed by atoms with Gasteiger partial charge in [-0.25, -0.2) is 13.2 Å². The predicted octanol–water partition coefficient (Wildman–Crippen LogP) is 2.44. The number of hydrogen-bond donors (Lipinski definition) is 1. The van der Waals surface area contributed by atoms with Gasteiger partial charge in [-0.3, -0.25) is 18.8 Å². The number of benzene rings is 2. The monoisotopic (exact) mass is 455 g/mol. The van der Waals surface area contributed by atoms with Crippen molar-refractivity contribution < 1.29 is 22.8 Å². The maximum Gasteiger partial charge on any atom is 0.325 e. The number of sulfonamides is 1. The molecule has 0 saturated carbocycles. The van der Waals surface area contributed by atoms with E-state index in [1.165, 1.54) is 4.31 Å². The molecule has 2 aliphatic rings. The van der Waals surface area contributed by atoms with Crippen molar-refractivity contribution in [3.05, 3.63) is 65.2 Å². The van der Waals surface area contributed by atoms with Crippen molar-refractivity contribution in [1.82, 2.24) is 10.2 Å². The van der Waals surface area contributed by atoms with Gasteiger partial charge in [0.2, 0.25) is 10.0 Å². The topological polar surface area (TPSA) is 104 Å². The van der Waals surface area contributed by atoms with Crippen molar-refractivity contribution >= 4 is 33.4 Å². The summed E-state index contributed by atoms with van der Waals surface area (Å²) < 4.78 is 25.6. The lowest BCUT2D eigenvalue weighted by atomic mass is 9.87. The minimum atomic E-state index is -3.43. The van der Waals surface area contributed by atoms with Crippen LogP contribution in [-0.4, -0.2) is 49.9 Å². The number of urea groups is 1. The van der Waals surface area contributed by atoms with Gasteiger partial charge in [0.25, 0.3) is 5.91 Å². The Morgan fingerprint density at radius 1 is 1.16 bits per heavy atom. The van der Waals surface area contributed by atoms with E-state index in [1.54, 1.807) is 42.5 Å². The third-order valence-corrected chi connectivity index (χ3v) is 7.46. The first-order valence-electron chi connectivity index (χ1n) is 10.4. The molecule has 1 saturated heterocycles. The summed E-state index contributed by atoms with van der Waals surface area (Å²) in [5.41, 5.74) is 1.12. The quantitative estimate of drug-likeness (QED) is 0.532. The Labute approximate surface area is 187 Å². The Kier molecular flexibility index (Phi) is 5.32. The highest BCUT2D eigenvalue weighted by Gasteiger charge is 2.51. The minimum Gasteiger partial charge on any atom is -0.319 e. The average Bonchev–Trinajstić information content (AvgIpc) is 3.22. The standard InChI is InChI=1S/C23H25N3O5S/c1-4-23(18-8-6-5-7-9-18)21(28)25(22(29)24-23)14-20(27)16-10-11-19-17(13-16)12-15(2)26(19)32(3,30)31/h5-11,13,15H,4,12,14H2,1-3H3,(H,24,29). The third-order valence-electron chi connectivity index (χ3n) is 6.19. The molecule has 0 aromatic heterocycles. The van der Waals surface area contributed by atoms with Crippen LogP contribution < -0.4 is 9.62 Å². The molecular weight excluding hydrogens is 430 g/mol. The highest BCUT2D eigenvalue weighted by atomic mass is 32.2. The zero-order valence-corrected chi connectivity index (χ0v) is 19.0. The highest BCUT2D eigenvalue weighted by molar-refractivity contribution is 7.92. The number of hydrogen-bond acceptors (Lipinski definition) is 5. The van der Waals surface area contributed by atoms with Crippen LogP contribution in [0.2, 0.25) is 0 Å². The van der Waals surface area contributed by atoms with E-state index in [0.717, 1.165) is 16.7 Å². The molecule has 3 amide bonds. The molecule has 2 aromatic carbocycles. The smallest absolute Gasteiger partial charge is 0.319 e. The van der Waals surface area contributed by atoms with Gasteiger partial charge in [0.1, 0.15) is 5.54 Å². The molecule has 168 valence electrons. The van der Waals surface area contributed by atoms with Crippen LogP contribution in [-0.2, 0) is 26.8 Å². The molecule has 2 aliphatic heterocycles. The van der Waals surface area contributed by atoms with Crippen LogP contribution in [0.15, 0.2) is 48.5 Å². The molecule has 2 unspecified atom stereocenters. The number of anilines is 1. The number of carbonyl (C=O) groups is 3. The lowest BCUT2D eigenvalue weighted by molar-refractivity contribution is -0.131. The van der Waals surface area contributed by atoms with Crippen LogP contribution >= 0.6 is 0 Å². The molecule has 2 heterocycles. The van der Waals surface area contributed by atoms with E-state index in [4.69, 9.17) is 0 Å². The van der Waals surface area contributed by atoms with E-state index in [-0.39, 0.29) is 18.4 Å². The third kappa shape index (κ3) is 3.46. The normalized spacial score (nSPS) is 22.8. The molecule has 0 aliphatic carbocycles. The van der Waals surface area contributed by atoms with Gasteiger partial charge >= 0.3 is 6.03 Å². The van der Waals surface area contributed by atoms with E-state index >= 15 is 0 Å². The van der Waals surface area contributed by atoms with Crippen molar-refractivity contribution in [2.45, 2.75) is 38.3 Å². The zero-order chi connectivity index (χ0) is 23.3. The molecule has 4 rings (SSSR count). The second-order valence-corrected chi connectivity index (χ2v) is 10.2. The summed E-state index contributed by atoms with van der Waals surface area (Å²) >= 11 is 0. The number of rotatable bonds is 6. The molecule has 1 fully saturated rings. The lowest BCUT2D eigenvalue weighted by Gasteiger charge is -2.25. The maximum atomic E-state index is 13.2. The summed E-state index contributed by atoms with van der Waals surface area (Å²) in [5, 5.41) is 2.77. The summed E-state index contributed by atoms with van der Waals surface area (Å²) in [6.07, 6.45) is 1.99. The Hall–Kier alpha value is -3.20. The Morgan fingerprint density at radius 3 is 2.47 bits per heavy atom. The fraction of sp³-hybridized carbons (Fsp3) is 0.348. The maximum absolute atomic E-state index is 13.2. The van der Waals surface area contributed by atoms with Crippen LogP contribution in [0, 0.1) is 0 Å². The summed E-state index contributed by atoms with van der Waals surface area (Å²) in [6.45, 7) is 3.23. The minimum absolute atomic E-state index is 0.243. The van der Waals surface area contributed by atoms with Crippen molar-refractivity contribution in [3.63, 3.8) is 0 Å². The first-order valence-corrected chi connectivity index (χ1v) is 12.3. The molecule has 2 aromatic rings. The number of fused-ring (bicyclic) bond motifs is 1. The van der Waals surface area contributed by atoms with Gasteiger partial charge in [-0.15, -0.1) is 0 Å². The van der Waals surface area contributed by atoms with Crippen LogP contribution in [0.5, 0.6) is 0 Å². The zero-order valence-electron chi connectivity index (χ0n) is 18.2. The lowest BCUT2D eigenvalue weighted by Crippen LogP contribution is -2.43. The second kappa shape index (κ2) is 7.74. The van der Waals surface area contributed by atoms with Gasteiger partial charge < -0.3 is 5.32 Å². The second-order valence-electron chi connectivity index (χ2n) is 8.32. The summed E-state index contributed by atoms with van der Waals surface area (Å²) in [6, 6.07) is 12.9. The SMILES string of the molecule is CCC1(c2ccccc2)NC(=O)N(CC(=O)c2ccc3c(c2)CC(C)N3S(C)(=O)=O)C1=O. The summed E-state index contributed by atoms with van der Waals surface area (Å²) in [5.74, 6) is -0.843. The number of amides is 3. The van der Waals surface area contributed by atoms with Crippen LogP contribution in [0.25, 0.3) is 0 Å². The van der Waals surface area contributed by atoms with Crippen LogP contribution in [0.1, 0.15) is 41.8 Å². The Bertz CT molecular complexity index is 1210. The Balaban J connectivity index is 1.58. The fourth-order valence-electron chi connectivity index (χ4n) is 4.65. The summed E-state index contributed by atoms with van der Waals surface area (Å²) in [4.78, 5) is 39.8. The van der Waals surface area contributed by atoms with Crippen molar-refractivity contribution in [2.24, 2.45) is 0 Å². The van der Waals surface area contributed by atoms with Gasteiger partial charge in [0.15, 0.2) is 5.78 Å². The van der Waals surface area contributed by atoms with E-state index in [1.807, 2.05) is 19.9 Å². The first kappa shape index (κ1) is 22.0. The number of carbonyl (C=O) groups excluding carboxylic acids is 3. The molecule has 0 spiro atoms. The molecule has 32 heavy (non-hydrogen) atoms. The van der Waals surface area contributed by atoms with E-state index < -0.39 is 27.5 Å². The van der Waals surface area contributed by atoms with Gasteiger partial charge in [-0.05, 0) is 49.1 Å². The first-order chi connectivity index (χ1) is 15.1. The fourth-order valence-corrected chi connectivity index (χ4v) is 5.91. The van der Waals surface area contributed by atoms with Crippen LogP contribution in [0.4, 0.5) is 10.5 Å². The largest absolute Gasteiger partial charge is 0.325 e. The molecule has 2 atom stereocenters. The molecule has 1 N–H and O–H groups in total. The van der Waals surface area contributed by atoms with Crippen molar-refractivity contribution in [3.8, 4) is 0 Å². The number of nitrogens with zero attached hydrogens (tertiary/aromatic N) is 2. The summed E-state index contributed by atoms with van der Waals surface area (Å²) in [7, 11) is -3.43. The van der Waals surface area contributed by atoms with Gasteiger partial charge in [-0.1, -0.05) is 37.3 Å². The molecule has 0 bridgehead atoms. The van der Waals surface area contributed by atoms with Gasteiger partial charge in [0, 0.05) is 11.6 Å². The molecule has 8 nitrogen and oxygen atoms in total. The van der Waals surface area contributed by atoms with E-state index in [2.05, 4.69) is 5.32 Å². The van der Waals surface area contributed by atoms with Crippen molar-refractivity contribution in [1.29, 1.82) is 0 Å². The van der Waals surface area contributed by atoms with E-state index in [9.17, 15) is 22.8 Å². The number of nitrogens with one attached hydrogen (secondary N) is 1. The van der Waals surface area contributed by atoms with Crippen molar-refractivity contribution in [2.75, 3.05) is 17.1 Å². The van der Waals surface area contributed by atoms with E-state index in [0.29, 0.717) is 29.7 Å².